The summed E-state index contributed by atoms with van der Waals surface area (Å²) in [5.41, 5.74) is 5.57. The third-order valence-electron chi connectivity index (χ3n) is 6.31. The number of thioether (sulfide) groups is 1. The van der Waals surface area contributed by atoms with Crippen LogP contribution in [0.5, 0.6) is 5.75 Å². The summed E-state index contributed by atoms with van der Waals surface area (Å²) < 4.78 is 6.32. The van der Waals surface area contributed by atoms with Gasteiger partial charge in [-0.15, -0.1) is 23.1 Å². The Labute approximate surface area is 218 Å². The van der Waals surface area contributed by atoms with Gasteiger partial charge in [0.25, 0.3) is 5.91 Å². The van der Waals surface area contributed by atoms with Crippen LogP contribution in [0, 0.1) is 0 Å². The minimum atomic E-state index is -0.137. The predicted molar refractivity (Wildman–Crippen MR) is 147 cm³/mol. The van der Waals surface area contributed by atoms with Gasteiger partial charge in [0.05, 0.1) is 21.9 Å². The number of benzene rings is 3. The summed E-state index contributed by atoms with van der Waals surface area (Å²) >= 11 is 3.17. The average Bonchev–Trinajstić information content (AvgIpc) is 3.31. The fourth-order valence-corrected chi connectivity index (χ4v) is 7.02. The highest BCUT2D eigenvalue weighted by atomic mass is 32.2. The minimum Gasteiger partial charge on any atom is -0.497 e. The molecule has 7 heteroatoms. The zero-order valence-electron chi connectivity index (χ0n) is 19.8. The van der Waals surface area contributed by atoms with Gasteiger partial charge >= 0.3 is 0 Å². The lowest BCUT2D eigenvalue weighted by molar-refractivity contribution is 0.102. The van der Waals surface area contributed by atoms with Crippen LogP contribution in [0.25, 0.3) is 0 Å². The molecule has 36 heavy (non-hydrogen) atoms. The van der Waals surface area contributed by atoms with Crippen LogP contribution in [-0.2, 0) is 12.2 Å². The van der Waals surface area contributed by atoms with Crippen molar-refractivity contribution in [3.05, 3.63) is 112 Å². The lowest BCUT2D eigenvalue weighted by Gasteiger charge is -2.25. The Hall–Kier alpha value is -3.55. The van der Waals surface area contributed by atoms with Crippen molar-refractivity contribution in [1.82, 2.24) is 0 Å². The molecule has 5 rings (SSSR count). The van der Waals surface area contributed by atoms with Crippen LogP contribution in [0.1, 0.15) is 44.3 Å². The standard InChI is InChI=1S/C29H26N2O3S2/c1-34-23-14-12-20(13-15-23)21-16-24-26(25(17-21)31-33)29(35-18-19-8-4-2-5-9-19)36-27(24)28(32)30-22-10-6-3-7-11-22/h2-15,21,33H,16-18H2,1H3,(H,30,32)/b31-25+. The summed E-state index contributed by atoms with van der Waals surface area (Å²) in [7, 11) is 1.65. The van der Waals surface area contributed by atoms with Gasteiger partial charge < -0.3 is 15.3 Å². The molecule has 0 saturated carbocycles. The van der Waals surface area contributed by atoms with Crippen molar-refractivity contribution in [2.75, 3.05) is 12.4 Å². The van der Waals surface area contributed by atoms with E-state index in [1.165, 1.54) is 16.9 Å². The van der Waals surface area contributed by atoms with Gasteiger partial charge in [0, 0.05) is 23.4 Å². The molecule has 2 N–H and O–H groups in total. The van der Waals surface area contributed by atoms with Crippen molar-refractivity contribution in [2.45, 2.75) is 28.7 Å². The molecule has 1 heterocycles. The molecule has 0 bridgehead atoms. The number of ether oxygens (including phenoxy) is 1. The van der Waals surface area contributed by atoms with E-state index < -0.39 is 0 Å². The zero-order valence-corrected chi connectivity index (χ0v) is 21.4. The van der Waals surface area contributed by atoms with Gasteiger partial charge in [-0.1, -0.05) is 65.8 Å². The second-order valence-electron chi connectivity index (χ2n) is 8.59. The number of nitrogens with zero attached hydrogens (tertiary/aromatic N) is 1. The number of carbonyl (C=O) groups excluding carboxylic acids is 1. The predicted octanol–water partition coefficient (Wildman–Crippen LogP) is 7.21. The molecule has 5 nitrogen and oxygen atoms in total. The topological polar surface area (TPSA) is 70.9 Å². The first kappa shape index (κ1) is 24.2. The van der Waals surface area contributed by atoms with E-state index in [1.54, 1.807) is 18.9 Å². The van der Waals surface area contributed by atoms with E-state index in [4.69, 9.17) is 4.74 Å². The highest BCUT2D eigenvalue weighted by molar-refractivity contribution is 8.00. The molecule has 1 atom stereocenters. The molecule has 0 spiro atoms. The van der Waals surface area contributed by atoms with Crippen LogP contribution in [0.15, 0.2) is 94.3 Å². The van der Waals surface area contributed by atoms with E-state index in [9.17, 15) is 10.0 Å². The first-order valence-electron chi connectivity index (χ1n) is 11.7. The normalized spacial score (nSPS) is 15.9. The summed E-state index contributed by atoms with van der Waals surface area (Å²) in [6.07, 6.45) is 1.30. The molecule has 0 aliphatic heterocycles. The Balaban J connectivity index is 1.51. The van der Waals surface area contributed by atoms with Crippen LogP contribution in [0.3, 0.4) is 0 Å². The maximum absolute atomic E-state index is 13.5. The highest BCUT2D eigenvalue weighted by Crippen LogP contribution is 2.45. The van der Waals surface area contributed by atoms with E-state index in [0.717, 1.165) is 38.1 Å². The first-order valence-corrected chi connectivity index (χ1v) is 13.5. The highest BCUT2D eigenvalue weighted by Gasteiger charge is 2.34. The van der Waals surface area contributed by atoms with Crippen molar-refractivity contribution in [2.24, 2.45) is 5.16 Å². The van der Waals surface area contributed by atoms with Crippen LogP contribution in [0.4, 0.5) is 5.69 Å². The molecule has 1 unspecified atom stereocenters. The number of hydrogen-bond donors (Lipinski definition) is 2. The summed E-state index contributed by atoms with van der Waals surface area (Å²) in [6.45, 7) is 0. The van der Waals surface area contributed by atoms with Crippen molar-refractivity contribution in [3.63, 3.8) is 0 Å². The number of methoxy groups -OCH3 is 1. The van der Waals surface area contributed by atoms with Gasteiger partial charge in [-0.3, -0.25) is 4.79 Å². The Bertz CT molecular complexity index is 1370. The largest absolute Gasteiger partial charge is 0.497 e. The molecule has 1 amide bonds. The van der Waals surface area contributed by atoms with Crippen LogP contribution in [-0.4, -0.2) is 23.9 Å². The van der Waals surface area contributed by atoms with Gasteiger partial charge in [0.15, 0.2) is 0 Å². The number of rotatable bonds is 7. The second kappa shape index (κ2) is 11.0. The molecule has 0 radical (unpaired) electrons. The van der Waals surface area contributed by atoms with E-state index in [1.807, 2.05) is 72.8 Å². The van der Waals surface area contributed by atoms with Crippen LogP contribution < -0.4 is 10.1 Å². The van der Waals surface area contributed by atoms with Crippen molar-refractivity contribution in [1.29, 1.82) is 0 Å². The Morgan fingerprint density at radius 2 is 1.72 bits per heavy atom. The van der Waals surface area contributed by atoms with E-state index in [0.29, 0.717) is 23.4 Å². The molecular formula is C29H26N2O3S2. The second-order valence-corrected chi connectivity index (χ2v) is 10.9. The van der Waals surface area contributed by atoms with Gasteiger partial charge in [0.2, 0.25) is 0 Å². The smallest absolute Gasteiger partial charge is 0.266 e. The fraction of sp³-hybridized carbons (Fsp3) is 0.172. The average molecular weight is 515 g/mol. The number of hydrogen-bond acceptors (Lipinski definition) is 6. The molecule has 0 saturated heterocycles. The van der Waals surface area contributed by atoms with Gasteiger partial charge in [-0.05, 0) is 53.3 Å². The lowest BCUT2D eigenvalue weighted by atomic mass is 9.80. The quantitative estimate of drug-likeness (QED) is 0.155. The summed E-state index contributed by atoms with van der Waals surface area (Å²) in [4.78, 5) is 14.1. The number of para-hydroxylation sites is 1. The zero-order chi connectivity index (χ0) is 24.9. The molecule has 1 aliphatic carbocycles. The number of amides is 1. The third kappa shape index (κ3) is 5.17. The molecule has 0 fully saturated rings. The maximum Gasteiger partial charge on any atom is 0.266 e. The Morgan fingerprint density at radius 3 is 2.39 bits per heavy atom. The molecular weight excluding hydrogens is 488 g/mol. The molecule has 182 valence electrons. The van der Waals surface area contributed by atoms with E-state index in [2.05, 4.69) is 22.6 Å². The van der Waals surface area contributed by atoms with Gasteiger partial charge in [-0.2, -0.15) is 0 Å². The fourth-order valence-electron chi connectivity index (χ4n) is 4.50. The van der Waals surface area contributed by atoms with E-state index >= 15 is 0 Å². The minimum absolute atomic E-state index is 0.0964. The summed E-state index contributed by atoms with van der Waals surface area (Å²) in [6, 6.07) is 27.7. The van der Waals surface area contributed by atoms with Crippen molar-refractivity contribution >= 4 is 40.4 Å². The monoisotopic (exact) mass is 514 g/mol. The van der Waals surface area contributed by atoms with Crippen molar-refractivity contribution < 1.29 is 14.7 Å². The third-order valence-corrected chi connectivity index (χ3v) is 8.89. The van der Waals surface area contributed by atoms with Crippen molar-refractivity contribution in [3.8, 4) is 5.75 Å². The summed E-state index contributed by atoms with van der Waals surface area (Å²) in [5, 5.41) is 16.8. The number of nitrogens with one attached hydrogen (secondary N) is 1. The Morgan fingerprint density at radius 1 is 1.03 bits per heavy atom. The Kier molecular flexibility index (Phi) is 7.39. The first-order chi connectivity index (χ1) is 17.7. The molecule has 1 aliphatic rings. The maximum atomic E-state index is 13.5. The number of carbonyl (C=O) groups is 1. The number of oxime groups is 1. The number of anilines is 1. The van der Waals surface area contributed by atoms with Crippen LogP contribution in [0.2, 0.25) is 0 Å². The number of thiophene rings is 1. The molecule has 4 aromatic rings. The lowest BCUT2D eigenvalue weighted by Crippen LogP contribution is -2.21. The van der Waals surface area contributed by atoms with Crippen LogP contribution >= 0.6 is 23.1 Å². The molecule has 3 aromatic carbocycles. The van der Waals surface area contributed by atoms with Gasteiger partial charge in [-0.25, -0.2) is 0 Å². The molecule has 1 aromatic heterocycles. The SMILES string of the molecule is COc1ccc(C2C/C(=N\O)c3c(SCc4ccccc4)sc(C(=O)Nc4ccccc4)c3C2)cc1. The summed E-state index contributed by atoms with van der Waals surface area (Å²) in [5.74, 6) is 1.53. The van der Waals surface area contributed by atoms with E-state index in [-0.39, 0.29) is 11.8 Å². The van der Waals surface area contributed by atoms with Gasteiger partial charge in [0.1, 0.15) is 5.75 Å². The number of fused-ring (bicyclic) bond motifs is 1.